The fraction of sp³-hybridized carbons (Fsp3) is 0.583. The van der Waals surface area contributed by atoms with Crippen molar-refractivity contribution < 1.29 is 44.0 Å². The number of carboxylic acid groups (broad SMARTS) is 1. The summed E-state index contributed by atoms with van der Waals surface area (Å²) in [5.41, 5.74) is 0.290. The van der Waals surface area contributed by atoms with E-state index in [9.17, 15) is 39.3 Å². The molecular formula is C36H44N2O9. The van der Waals surface area contributed by atoms with Crippen LogP contribution in [-0.4, -0.2) is 68.0 Å². The number of esters is 1. The predicted molar refractivity (Wildman–Crippen MR) is 170 cm³/mol. The van der Waals surface area contributed by atoms with Gasteiger partial charge in [0.2, 0.25) is 11.7 Å². The summed E-state index contributed by atoms with van der Waals surface area (Å²) in [7, 11) is 0. The van der Waals surface area contributed by atoms with E-state index >= 15 is 0 Å². The fourth-order valence-electron chi connectivity index (χ4n) is 9.61. The Morgan fingerprint density at radius 2 is 1.81 bits per heavy atom. The third-order valence-corrected chi connectivity index (χ3v) is 12.3. The molecule has 0 spiro atoms. The summed E-state index contributed by atoms with van der Waals surface area (Å²) in [5, 5.41) is 34.4. The van der Waals surface area contributed by atoms with Gasteiger partial charge < -0.3 is 30.4 Å². The highest BCUT2D eigenvalue weighted by Crippen LogP contribution is 2.67. The number of ether oxygens (including phenoxy) is 1. The second-order valence-electron chi connectivity index (χ2n) is 14.6. The number of carbonyl (C=O) groups excluding carboxylic acids is 4. The third kappa shape index (κ3) is 5.76. The number of carbonyl (C=O) groups is 5. The maximum Gasteiger partial charge on any atom is 0.326 e. The Hall–Kier alpha value is -3.99. The van der Waals surface area contributed by atoms with Crippen LogP contribution in [0.3, 0.4) is 0 Å². The Labute approximate surface area is 273 Å². The number of Topliss-reactive ketones (excluding diaryl/α,β-unsaturated/α-hetero) is 1. The van der Waals surface area contributed by atoms with Crippen LogP contribution in [0.2, 0.25) is 0 Å². The van der Waals surface area contributed by atoms with E-state index < -0.39 is 47.3 Å². The number of nitrogens with one attached hydrogen (secondary N) is 2. The van der Waals surface area contributed by atoms with Crippen LogP contribution >= 0.6 is 0 Å². The monoisotopic (exact) mass is 648 g/mol. The van der Waals surface area contributed by atoms with E-state index in [2.05, 4.69) is 17.2 Å². The van der Waals surface area contributed by atoms with Gasteiger partial charge in [-0.3, -0.25) is 19.2 Å². The fourth-order valence-corrected chi connectivity index (χ4v) is 9.61. The molecule has 11 nitrogen and oxygen atoms in total. The molecule has 1 aromatic heterocycles. The molecule has 1 aromatic carbocycles. The molecule has 252 valence electrons. The number of aliphatic hydroxyl groups is 1. The van der Waals surface area contributed by atoms with Gasteiger partial charge in [-0.05, 0) is 98.0 Å². The lowest BCUT2D eigenvalue weighted by atomic mass is 9.46. The number of amides is 1. The number of allylic oxidation sites excluding steroid dienone is 1. The summed E-state index contributed by atoms with van der Waals surface area (Å²) in [4.78, 5) is 65.7. The Morgan fingerprint density at radius 1 is 1.04 bits per heavy atom. The third-order valence-electron chi connectivity index (χ3n) is 12.3. The van der Waals surface area contributed by atoms with E-state index in [0.29, 0.717) is 54.0 Å². The Morgan fingerprint density at radius 3 is 2.57 bits per heavy atom. The number of hydrogen-bond donors (Lipinski definition) is 5. The number of aliphatic carboxylic acids is 1. The van der Waals surface area contributed by atoms with Crippen LogP contribution < -0.4 is 5.32 Å². The molecule has 7 atom stereocenters. The summed E-state index contributed by atoms with van der Waals surface area (Å²) in [5.74, 6) is -2.07. The number of phenolic OH excluding ortho intramolecular Hbond substituents is 1. The quantitative estimate of drug-likeness (QED) is 0.236. The molecule has 11 heteroatoms. The maximum absolute atomic E-state index is 13.5. The van der Waals surface area contributed by atoms with E-state index in [0.717, 1.165) is 25.7 Å². The molecule has 0 radical (unpaired) electrons. The van der Waals surface area contributed by atoms with Crippen molar-refractivity contribution in [1.29, 1.82) is 0 Å². The standard InChI is InChI=1S/C36H44N2O9/c1-34-12-9-23(40)16-21(34)3-5-24-26(34)10-13-35(2)27(24)11-14-36(35,46)30(41)19-47-32(43)8-7-31(42)38-29(33(44)45)15-20-18-37-28-6-4-22(39)17-25(20)28/h4,6,16-18,24,26-27,29,37,39,46H,3,5,7-15,19H2,1-2H3,(H,38,42)(H,44,45). The van der Waals surface area contributed by atoms with Gasteiger partial charge in [-0.25, -0.2) is 4.79 Å². The second-order valence-corrected chi connectivity index (χ2v) is 14.6. The number of rotatable bonds is 10. The van der Waals surface area contributed by atoms with Gasteiger partial charge in [-0.2, -0.15) is 0 Å². The lowest BCUT2D eigenvalue weighted by Gasteiger charge is -2.58. The zero-order valence-corrected chi connectivity index (χ0v) is 27.0. The first kappa shape index (κ1) is 32.9. The highest BCUT2D eigenvalue weighted by atomic mass is 16.5. The molecule has 6 rings (SSSR count). The van der Waals surface area contributed by atoms with Gasteiger partial charge in [0.05, 0.1) is 6.42 Å². The average Bonchev–Trinajstić information content (AvgIpc) is 3.56. The average molecular weight is 649 g/mol. The largest absolute Gasteiger partial charge is 0.508 e. The molecule has 3 saturated carbocycles. The Kier molecular flexibility index (Phi) is 8.57. The van der Waals surface area contributed by atoms with Crippen molar-refractivity contribution in [3.63, 3.8) is 0 Å². The van der Waals surface area contributed by atoms with Gasteiger partial charge in [0.1, 0.15) is 17.4 Å². The van der Waals surface area contributed by atoms with Crippen molar-refractivity contribution in [3.05, 3.63) is 41.6 Å². The van der Waals surface area contributed by atoms with E-state index in [-0.39, 0.29) is 42.1 Å². The number of fused-ring (bicyclic) bond motifs is 6. The van der Waals surface area contributed by atoms with Gasteiger partial charge in [0.15, 0.2) is 12.4 Å². The van der Waals surface area contributed by atoms with Gasteiger partial charge in [-0.15, -0.1) is 0 Å². The molecule has 47 heavy (non-hydrogen) atoms. The molecular weight excluding hydrogens is 604 g/mol. The number of benzene rings is 1. The maximum atomic E-state index is 13.5. The van der Waals surface area contributed by atoms with Crippen LogP contribution in [-0.2, 0) is 35.1 Å². The van der Waals surface area contributed by atoms with Crippen molar-refractivity contribution in [2.24, 2.45) is 28.6 Å². The smallest absolute Gasteiger partial charge is 0.326 e. The van der Waals surface area contributed by atoms with Gasteiger partial charge in [-0.1, -0.05) is 19.4 Å². The van der Waals surface area contributed by atoms with E-state index in [1.54, 1.807) is 12.3 Å². The molecule has 1 heterocycles. The Balaban J connectivity index is 1.01. The number of aromatic amines is 1. The first-order valence-electron chi connectivity index (χ1n) is 16.7. The topological polar surface area (TPSA) is 183 Å². The van der Waals surface area contributed by atoms with Crippen LogP contribution in [0, 0.1) is 28.6 Å². The van der Waals surface area contributed by atoms with Crippen molar-refractivity contribution in [2.45, 2.75) is 96.1 Å². The van der Waals surface area contributed by atoms with Gasteiger partial charge in [0, 0.05) is 41.8 Å². The zero-order valence-electron chi connectivity index (χ0n) is 27.0. The molecule has 1 amide bonds. The molecule has 7 unspecified atom stereocenters. The van der Waals surface area contributed by atoms with Crippen LogP contribution in [0.1, 0.15) is 83.6 Å². The minimum atomic E-state index is -1.62. The highest BCUT2D eigenvalue weighted by molar-refractivity contribution is 5.93. The van der Waals surface area contributed by atoms with Gasteiger partial charge in [0.25, 0.3) is 0 Å². The molecule has 2 aromatic rings. The molecule has 4 aliphatic carbocycles. The molecule has 3 fully saturated rings. The number of phenols is 1. The molecule has 0 aliphatic heterocycles. The second kappa shape index (κ2) is 12.2. The molecule has 5 N–H and O–H groups in total. The predicted octanol–water partition coefficient (Wildman–Crippen LogP) is 4.14. The van der Waals surface area contributed by atoms with E-state index in [4.69, 9.17) is 4.74 Å². The molecule has 4 aliphatic rings. The van der Waals surface area contributed by atoms with Crippen molar-refractivity contribution in [2.75, 3.05) is 6.61 Å². The minimum absolute atomic E-state index is 0.0183. The summed E-state index contributed by atoms with van der Waals surface area (Å²) in [6.07, 6.45) is 8.55. The number of H-pyrrole nitrogens is 1. The number of aromatic nitrogens is 1. The lowest BCUT2D eigenvalue weighted by molar-refractivity contribution is -0.170. The summed E-state index contributed by atoms with van der Waals surface area (Å²) >= 11 is 0. The minimum Gasteiger partial charge on any atom is -0.508 e. The summed E-state index contributed by atoms with van der Waals surface area (Å²) in [6.45, 7) is 3.70. The normalized spacial score (nSPS) is 32.0. The zero-order chi connectivity index (χ0) is 33.7. The van der Waals surface area contributed by atoms with Crippen molar-refractivity contribution >= 4 is 40.3 Å². The van der Waals surface area contributed by atoms with Crippen molar-refractivity contribution in [3.8, 4) is 5.75 Å². The van der Waals surface area contributed by atoms with Gasteiger partial charge >= 0.3 is 11.9 Å². The van der Waals surface area contributed by atoms with E-state index in [1.165, 1.54) is 17.7 Å². The highest BCUT2D eigenvalue weighted by Gasteiger charge is 2.66. The van der Waals surface area contributed by atoms with Crippen LogP contribution in [0.25, 0.3) is 10.9 Å². The summed E-state index contributed by atoms with van der Waals surface area (Å²) in [6, 6.07) is 3.42. The molecule has 0 bridgehead atoms. The van der Waals surface area contributed by atoms with Crippen LogP contribution in [0.15, 0.2) is 36.0 Å². The number of hydrogen-bond acceptors (Lipinski definition) is 8. The SMILES string of the molecule is CC12CCC(=O)C=C1CCC1C2CCC2(C)C1CCC2(O)C(=O)COC(=O)CCC(=O)NC(Cc1c[nH]c2ccc(O)cc12)C(=O)O. The number of carboxylic acids is 1. The first-order valence-corrected chi connectivity index (χ1v) is 16.7. The number of ketones is 2. The Bertz CT molecular complexity index is 1660. The van der Waals surface area contributed by atoms with Crippen LogP contribution in [0.5, 0.6) is 5.75 Å². The summed E-state index contributed by atoms with van der Waals surface area (Å²) < 4.78 is 5.25. The first-order chi connectivity index (χ1) is 22.2. The lowest BCUT2D eigenvalue weighted by Crippen LogP contribution is -2.58. The van der Waals surface area contributed by atoms with Crippen LogP contribution in [0.4, 0.5) is 0 Å². The number of aromatic hydroxyl groups is 1. The van der Waals surface area contributed by atoms with E-state index in [1.807, 2.05) is 13.0 Å². The van der Waals surface area contributed by atoms with Crippen molar-refractivity contribution in [1.82, 2.24) is 10.3 Å². The molecule has 0 saturated heterocycles.